The zero-order valence-electron chi connectivity index (χ0n) is 16.7. The van der Waals surface area contributed by atoms with E-state index in [2.05, 4.69) is 0 Å². The summed E-state index contributed by atoms with van der Waals surface area (Å²) < 4.78 is 33.7. The highest BCUT2D eigenvalue weighted by atomic mass is 32.2. The lowest BCUT2D eigenvalue weighted by molar-refractivity contribution is -0.122. The van der Waals surface area contributed by atoms with Gasteiger partial charge in [-0.2, -0.15) is 0 Å². The molecule has 0 radical (unpaired) electrons. The second-order valence-electron chi connectivity index (χ2n) is 7.53. The molecular weight excluding hydrogens is 422 g/mol. The summed E-state index contributed by atoms with van der Waals surface area (Å²) in [5.74, 6) is -0.744. The smallest absolute Gasteiger partial charge is 0.396 e. The first-order valence-electron chi connectivity index (χ1n) is 10.1. The zero-order valence-corrected chi connectivity index (χ0v) is 18.3. The third-order valence-corrected chi connectivity index (χ3v) is 8.10. The Labute approximate surface area is 179 Å². The van der Waals surface area contributed by atoms with Crippen molar-refractivity contribution in [1.82, 2.24) is 0 Å². The molecule has 158 valence electrons. The highest BCUT2D eigenvalue weighted by Crippen LogP contribution is 2.33. The Kier molecular flexibility index (Phi) is 5.79. The van der Waals surface area contributed by atoms with E-state index in [9.17, 15) is 18.0 Å². The quantitative estimate of drug-likeness (QED) is 0.567. The molecule has 6 nitrogen and oxygen atoms in total. The third-order valence-electron chi connectivity index (χ3n) is 5.57. The summed E-state index contributed by atoms with van der Waals surface area (Å²) in [5.41, 5.74) is 1.63. The number of amides is 1. The number of carbonyl (C=O) groups is 1. The van der Waals surface area contributed by atoms with Crippen LogP contribution in [-0.4, -0.2) is 14.3 Å². The van der Waals surface area contributed by atoms with Crippen molar-refractivity contribution in [3.63, 3.8) is 0 Å². The molecule has 1 aliphatic carbocycles. The maximum atomic E-state index is 13.6. The normalized spacial score (nSPS) is 15.4. The molecule has 0 N–H and O–H groups in total. The minimum atomic E-state index is -4.11. The molecule has 0 saturated heterocycles. The Morgan fingerprint density at radius 2 is 1.80 bits per heavy atom. The predicted octanol–water partition coefficient (Wildman–Crippen LogP) is 4.72. The van der Waals surface area contributed by atoms with E-state index < -0.39 is 20.9 Å². The fraction of sp³-hybridized carbons (Fsp3) is 0.364. The minimum absolute atomic E-state index is 0.0735. The van der Waals surface area contributed by atoms with Gasteiger partial charge in [0.15, 0.2) is 0 Å². The average molecular weight is 446 g/mol. The summed E-state index contributed by atoms with van der Waals surface area (Å²) in [5, 5.41) is 0. The Morgan fingerprint density at radius 3 is 2.47 bits per heavy atom. The van der Waals surface area contributed by atoms with Crippen molar-refractivity contribution < 1.29 is 17.6 Å². The SMILES string of the molecule is CCc1ccc(S(=O)(=O)N(C(=O)C2CCCCC2)c2ccc3oc(=O)sc3c2)cc1. The zero-order chi connectivity index (χ0) is 21.3. The number of rotatable bonds is 5. The van der Waals surface area contributed by atoms with Crippen LogP contribution in [0.5, 0.6) is 0 Å². The van der Waals surface area contributed by atoms with Crippen molar-refractivity contribution in [3.05, 3.63) is 57.8 Å². The topological polar surface area (TPSA) is 84.7 Å². The van der Waals surface area contributed by atoms with E-state index in [1.165, 1.54) is 6.07 Å². The van der Waals surface area contributed by atoms with E-state index in [-0.39, 0.29) is 16.5 Å². The molecule has 1 aromatic heterocycles. The Morgan fingerprint density at radius 1 is 1.10 bits per heavy atom. The van der Waals surface area contributed by atoms with Crippen LogP contribution in [0.3, 0.4) is 0 Å². The molecule has 8 heteroatoms. The van der Waals surface area contributed by atoms with Gasteiger partial charge in [-0.05, 0) is 55.2 Å². The van der Waals surface area contributed by atoms with Gasteiger partial charge < -0.3 is 4.42 Å². The minimum Gasteiger partial charge on any atom is -0.414 e. The maximum absolute atomic E-state index is 13.6. The maximum Gasteiger partial charge on any atom is 0.396 e. The predicted molar refractivity (Wildman–Crippen MR) is 117 cm³/mol. The second-order valence-corrected chi connectivity index (χ2v) is 10.3. The van der Waals surface area contributed by atoms with Gasteiger partial charge in [-0.3, -0.25) is 4.79 Å². The summed E-state index contributed by atoms with van der Waals surface area (Å²) in [4.78, 5) is 24.6. The van der Waals surface area contributed by atoms with Crippen molar-refractivity contribution in [2.75, 3.05) is 4.31 Å². The Balaban J connectivity index is 1.82. The van der Waals surface area contributed by atoms with Crippen LogP contribution in [-0.2, 0) is 21.2 Å². The fourth-order valence-corrected chi connectivity index (χ4v) is 6.06. The van der Waals surface area contributed by atoms with Gasteiger partial charge in [-0.25, -0.2) is 17.5 Å². The van der Waals surface area contributed by atoms with Gasteiger partial charge in [0.25, 0.3) is 10.0 Å². The number of nitrogens with zero attached hydrogens (tertiary/aromatic N) is 1. The Bertz CT molecular complexity index is 1220. The van der Waals surface area contributed by atoms with Crippen LogP contribution >= 0.6 is 11.3 Å². The lowest BCUT2D eigenvalue weighted by Crippen LogP contribution is -2.41. The van der Waals surface area contributed by atoms with Gasteiger partial charge >= 0.3 is 4.94 Å². The van der Waals surface area contributed by atoms with Gasteiger partial charge in [0.05, 0.1) is 15.3 Å². The van der Waals surface area contributed by atoms with Crippen LogP contribution in [0.2, 0.25) is 0 Å². The summed E-state index contributed by atoms with van der Waals surface area (Å²) >= 11 is 0.887. The summed E-state index contributed by atoms with van der Waals surface area (Å²) in [6.45, 7) is 1.99. The number of aryl methyl sites for hydroxylation is 1. The molecule has 1 fully saturated rings. The molecule has 3 aromatic rings. The number of hydrogen-bond acceptors (Lipinski definition) is 6. The van der Waals surface area contributed by atoms with Crippen LogP contribution < -0.4 is 9.24 Å². The largest absolute Gasteiger partial charge is 0.414 e. The van der Waals surface area contributed by atoms with Gasteiger partial charge in [-0.1, -0.05) is 49.7 Å². The number of fused-ring (bicyclic) bond motifs is 1. The van der Waals surface area contributed by atoms with Gasteiger partial charge in [-0.15, -0.1) is 0 Å². The van der Waals surface area contributed by atoms with E-state index in [1.807, 2.05) is 6.92 Å². The van der Waals surface area contributed by atoms with E-state index in [1.54, 1.807) is 36.4 Å². The van der Waals surface area contributed by atoms with Gasteiger partial charge in [0.2, 0.25) is 5.91 Å². The summed E-state index contributed by atoms with van der Waals surface area (Å²) in [6.07, 6.45) is 5.04. The molecule has 0 spiro atoms. The van der Waals surface area contributed by atoms with Crippen molar-refractivity contribution in [1.29, 1.82) is 0 Å². The molecule has 0 unspecified atom stereocenters. The van der Waals surface area contributed by atoms with Crippen molar-refractivity contribution >= 4 is 43.2 Å². The third kappa shape index (κ3) is 3.94. The van der Waals surface area contributed by atoms with E-state index in [0.29, 0.717) is 23.1 Å². The van der Waals surface area contributed by atoms with E-state index in [4.69, 9.17) is 4.42 Å². The number of anilines is 1. The molecular formula is C22H23NO5S2. The number of benzene rings is 2. The highest BCUT2D eigenvalue weighted by Gasteiger charge is 2.36. The van der Waals surface area contributed by atoms with Crippen molar-refractivity contribution in [2.45, 2.75) is 50.3 Å². The lowest BCUT2D eigenvalue weighted by atomic mass is 9.88. The van der Waals surface area contributed by atoms with Gasteiger partial charge in [0, 0.05) is 5.92 Å². The summed E-state index contributed by atoms with van der Waals surface area (Å²) in [6, 6.07) is 11.2. The lowest BCUT2D eigenvalue weighted by Gasteiger charge is -2.29. The van der Waals surface area contributed by atoms with Crippen LogP contribution in [0.15, 0.2) is 56.6 Å². The van der Waals surface area contributed by atoms with E-state index >= 15 is 0 Å². The molecule has 2 aromatic carbocycles. The highest BCUT2D eigenvalue weighted by molar-refractivity contribution is 7.93. The standard InChI is InChI=1S/C22H23NO5S2/c1-2-15-8-11-18(12-9-15)30(26,27)23(21(24)16-6-4-3-5-7-16)17-10-13-19-20(14-17)29-22(25)28-19/h8-14,16H,2-7H2,1H3. The Hall–Kier alpha value is -2.45. The molecule has 4 rings (SSSR count). The molecule has 0 aliphatic heterocycles. The monoisotopic (exact) mass is 445 g/mol. The average Bonchev–Trinajstić information content (AvgIpc) is 3.13. The molecule has 1 amide bonds. The molecule has 0 atom stereocenters. The van der Waals surface area contributed by atoms with Crippen LogP contribution in [0.25, 0.3) is 10.3 Å². The van der Waals surface area contributed by atoms with Gasteiger partial charge in [0.1, 0.15) is 5.58 Å². The van der Waals surface area contributed by atoms with Crippen LogP contribution in [0.1, 0.15) is 44.6 Å². The number of hydrogen-bond donors (Lipinski definition) is 0. The molecule has 30 heavy (non-hydrogen) atoms. The second kappa shape index (κ2) is 8.35. The first-order chi connectivity index (χ1) is 14.4. The summed E-state index contributed by atoms with van der Waals surface area (Å²) in [7, 11) is -4.11. The van der Waals surface area contributed by atoms with Crippen molar-refractivity contribution in [2.24, 2.45) is 5.92 Å². The van der Waals surface area contributed by atoms with Crippen LogP contribution in [0, 0.1) is 5.92 Å². The first-order valence-corrected chi connectivity index (χ1v) is 12.4. The fourth-order valence-electron chi connectivity index (χ4n) is 3.89. The molecule has 0 bridgehead atoms. The number of carbonyl (C=O) groups excluding carboxylic acids is 1. The molecule has 1 heterocycles. The first kappa shape index (κ1) is 20.8. The van der Waals surface area contributed by atoms with E-state index in [0.717, 1.165) is 46.9 Å². The molecule has 1 aliphatic rings. The number of sulfonamides is 1. The van der Waals surface area contributed by atoms with Crippen molar-refractivity contribution in [3.8, 4) is 0 Å². The van der Waals surface area contributed by atoms with Crippen LogP contribution in [0.4, 0.5) is 5.69 Å². The molecule has 1 saturated carbocycles.